The van der Waals surface area contributed by atoms with Gasteiger partial charge in [-0.2, -0.15) is 11.8 Å². The lowest BCUT2D eigenvalue weighted by molar-refractivity contribution is -0.150. The van der Waals surface area contributed by atoms with Crippen LogP contribution in [-0.2, 0) is 19.1 Å². The number of rotatable bonds is 9. The van der Waals surface area contributed by atoms with Crippen molar-refractivity contribution in [3.63, 3.8) is 0 Å². The van der Waals surface area contributed by atoms with E-state index in [1.807, 2.05) is 11.6 Å². The maximum absolute atomic E-state index is 12.3. The fourth-order valence-corrected chi connectivity index (χ4v) is 2.61. The Hall–Kier alpha value is -2.26. The molecule has 1 rings (SSSR count). The molecule has 148 valence electrons. The molecule has 0 heterocycles. The number of nitrogens with one attached hydrogen (secondary N) is 2. The van der Waals surface area contributed by atoms with Gasteiger partial charge < -0.3 is 14.8 Å². The number of carbonyl (C=O) groups excluding carboxylic acids is 4. The number of alkyl carbamates (subject to hydrolysis) is 1. The van der Waals surface area contributed by atoms with Crippen LogP contribution in [0.4, 0.5) is 4.79 Å². The number of halogens is 1. The first kappa shape index (κ1) is 22.8. The zero-order chi connectivity index (χ0) is 20.2. The topological polar surface area (TPSA) is 111 Å². The molecular weight excluding hydrogens is 396 g/mol. The monoisotopic (exact) mass is 416 g/mol. The molecule has 0 aromatic heterocycles. The van der Waals surface area contributed by atoms with Crippen LogP contribution < -0.4 is 10.6 Å². The molecule has 0 saturated carbocycles. The summed E-state index contributed by atoms with van der Waals surface area (Å²) in [4.78, 5) is 47.3. The first-order chi connectivity index (χ1) is 12.9. The van der Waals surface area contributed by atoms with Crippen LogP contribution in [0.5, 0.6) is 0 Å². The highest BCUT2D eigenvalue weighted by Gasteiger charge is 2.24. The third-order valence-corrected chi connectivity index (χ3v) is 4.15. The highest BCUT2D eigenvalue weighted by atomic mass is 35.5. The molecule has 0 fully saturated rings. The zero-order valence-electron chi connectivity index (χ0n) is 15.0. The maximum Gasteiger partial charge on any atom is 0.413 e. The molecule has 0 bridgehead atoms. The summed E-state index contributed by atoms with van der Waals surface area (Å²) in [7, 11) is 0. The molecule has 1 aromatic rings. The molecule has 1 atom stereocenters. The third kappa shape index (κ3) is 8.31. The van der Waals surface area contributed by atoms with Crippen molar-refractivity contribution < 1.29 is 28.7 Å². The van der Waals surface area contributed by atoms with Crippen LogP contribution in [0.3, 0.4) is 0 Å². The van der Waals surface area contributed by atoms with Gasteiger partial charge in [0.25, 0.3) is 11.8 Å². The SMILES string of the molecule is CCOC(=O)NC(=O)COC(=O)[C@H](CCSC)NC(=O)c1ccccc1Cl. The number of esters is 1. The first-order valence-corrected chi connectivity index (χ1v) is 9.83. The van der Waals surface area contributed by atoms with Crippen LogP contribution in [0.1, 0.15) is 23.7 Å². The van der Waals surface area contributed by atoms with Gasteiger partial charge in [0.05, 0.1) is 17.2 Å². The summed E-state index contributed by atoms with van der Waals surface area (Å²) in [5.74, 6) is -1.57. The van der Waals surface area contributed by atoms with E-state index in [2.05, 4.69) is 10.1 Å². The molecule has 0 spiro atoms. The fourth-order valence-electron chi connectivity index (χ4n) is 1.92. The van der Waals surface area contributed by atoms with Gasteiger partial charge in [-0.1, -0.05) is 23.7 Å². The second-order valence-electron chi connectivity index (χ2n) is 5.16. The zero-order valence-corrected chi connectivity index (χ0v) is 16.5. The van der Waals surface area contributed by atoms with E-state index in [9.17, 15) is 19.2 Å². The second kappa shape index (κ2) is 12.2. The minimum absolute atomic E-state index is 0.101. The fraction of sp³-hybridized carbons (Fsp3) is 0.412. The molecule has 0 radical (unpaired) electrons. The average molecular weight is 417 g/mol. The summed E-state index contributed by atoms with van der Waals surface area (Å²) in [6.07, 6.45) is 1.23. The highest BCUT2D eigenvalue weighted by molar-refractivity contribution is 7.98. The number of hydrogen-bond donors (Lipinski definition) is 2. The molecule has 0 aliphatic carbocycles. The normalized spacial score (nSPS) is 11.2. The summed E-state index contributed by atoms with van der Waals surface area (Å²) in [5.41, 5.74) is 0.223. The lowest BCUT2D eigenvalue weighted by Gasteiger charge is -2.17. The Morgan fingerprint density at radius 2 is 1.89 bits per heavy atom. The molecule has 10 heteroatoms. The van der Waals surface area contributed by atoms with E-state index in [0.717, 1.165) is 0 Å². The number of amides is 3. The van der Waals surface area contributed by atoms with Crippen LogP contribution in [0.25, 0.3) is 0 Å². The summed E-state index contributed by atoms with van der Waals surface area (Å²) in [5, 5.41) is 4.72. The van der Waals surface area contributed by atoms with E-state index in [0.29, 0.717) is 12.2 Å². The molecule has 0 unspecified atom stereocenters. The first-order valence-electron chi connectivity index (χ1n) is 8.06. The van der Waals surface area contributed by atoms with Crippen molar-refractivity contribution in [2.45, 2.75) is 19.4 Å². The van der Waals surface area contributed by atoms with E-state index in [1.165, 1.54) is 17.8 Å². The molecule has 0 aliphatic rings. The van der Waals surface area contributed by atoms with Gasteiger partial charge in [-0.05, 0) is 37.5 Å². The number of benzene rings is 1. The van der Waals surface area contributed by atoms with Crippen molar-refractivity contribution in [1.29, 1.82) is 0 Å². The molecule has 0 saturated heterocycles. The largest absolute Gasteiger partial charge is 0.454 e. The van der Waals surface area contributed by atoms with Crippen molar-refractivity contribution in [3.8, 4) is 0 Å². The minimum atomic E-state index is -0.961. The van der Waals surface area contributed by atoms with Crippen molar-refractivity contribution >= 4 is 47.2 Å². The van der Waals surface area contributed by atoms with Crippen LogP contribution >= 0.6 is 23.4 Å². The van der Waals surface area contributed by atoms with E-state index in [1.54, 1.807) is 25.1 Å². The maximum atomic E-state index is 12.3. The summed E-state index contributed by atoms with van der Waals surface area (Å²) < 4.78 is 9.44. The van der Waals surface area contributed by atoms with Gasteiger partial charge in [0.2, 0.25) is 0 Å². The molecule has 1 aromatic carbocycles. The summed E-state index contributed by atoms with van der Waals surface area (Å²) in [6, 6.07) is 5.46. The highest BCUT2D eigenvalue weighted by Crippen LogP contribution is 2.15. The van der Waals surface area contributed by atoms with Crippen LogP contribution in [0.2, 0.25) is 5.02 Å². The predicted molar refractivity (Wildman–Crippen MR) is 102 cm³/mol. The van der Waals surface area contributed by atoms with E-state index >= 15 is 0 Å². The van der Waals surface area contributed by atoms with Gasteiger partial charge in [-0.25, -0.2) is 9.59 Å². The number of imide groups is 1. The van der Waals surface area contributed by atoms with E-state index in [-0.39, 0.29) is 17.2 Å². The Balaban J connectivity index is 2.65. The Labute approximate surface area is 166 Å². The molecule has 8 nitrogen and oxygen atoms in total. The molecule has 3 amide bonds. The van der Waals surface area contributed by atoms with Crippen LogP contribution in [-0.4, -0.2) is 55.1 Å². The van der Waals surface area contributed by atoms with Crippen molar-refractivity contribution in [3.05, 3.63) is 34.9 Å². The van der Waals surface area contributed by atoms with Gasteiger partial charge in [0, 0.05) is 0 Å². The predicted octanol–water partition coefficient (Wildman–Crippen LogP) is 2.01. The standard InChI is InChI=1S/C17H21ClN2O6S/c1-3-25-17(24)20-14(21)10-26-16(23)13(8-9-27-2)19-15(22)11-6-4-5-7-12(11)18/h4-7,13H,3,8-10H2,1-2H3,(H,19,22)(H,20,21,24)/t13-/m0/s1. The lowest BCUT2D eigenvalue weighted by Crippen LogP contribution is -2.43. The molecule has 0 aliphatic heterocycles. The number of hydrogen-bond acceptors (Lipinski definition) is 7. The molecule has 2 N–H and O–H groups in total. The van der Waals surface area contributed by atoms with Gasteiger partial charge >= 0.3 is 12.1 Å². The Kier molecular flexibility index (Phi) is 10.3. The van der Waals surface area contributed by atoms with Gasteiger partial charge in [-0.15, -0.1) is 0 Å². The third-order valence-electron chi connectivity index (χ3n) is 3.18. The summed E-state index contributed by atoms with van der Waals surface area (Å²) >= 11 is 7.47. The van der Waals surface area contributed by atoms with E-state index in [4.69, 9.17) is 16.3 Å². The molecular formula is C17H21ClN2O6S. The van der Waals surface area contributed by atoms with Crippen molar-refractivity contribution in [2.24, 2.45) is 0 Å². The van der Waals surface area contributed by atoms with E-state index < -0.39 is 36.5 Å². The average Bonchev–Trinajstić information content (AvgIpc) is 2.63. The quantitative estimate of drug-likeness (QED) is 0.592. The van der Waals surface area contributed by atoms with Crippen LogP contribution in [0.15, 0.2) is 24.3 Å². The second-order valence-corrected chi connectivity index (χ2v) is 6.56. The van der Waals surface area contributed by atoms with Crippen molar-refractivity contribution in [2.75, 3.05) is 25.2 Å². The number of carbonyl (C=O) groups is 4. The number of thioether (sulfide) groups is 1. The summed E-state index contributed by atoms with van der Waals surface area (Å²) in [6.45, 7) is 1.02. The Morgan fingerprint density at radius 3 is 2.52 bits per heavy atom. The lowest BCUT2D eigenvalue weighted by atomic mass is 10.1. The van der Waals surface area contributed by atoms with Crippen molar-refractivity contribution in [1.82, 2.24) is 10.6 Å². The Bertz CT molecular complexity index is 685. The minimum Gasteiger partial charge on any atom is -0.454 e. The molecule has 27 heavy (non-hydrogen) atoms. The van der Waals surface area contributed by atoms with Crippen LogP contribution in [0, 0.1) is 0 Å². The van der Waals surface area contributed by atoms with Gasteiger partial charge in [-0.3, -0.25) is 14.9 Å². The smallest absolute Gasteiger partial charge is 0.413 e. The van der Waals surface area contributed by atoms with Gasteiger partial charge in [0.15, 0.2) is 6.61 Å². The number of ether oxygens (including phenoxy) is 2. The van der Waals surface area contributed by atoms with Gasteiger partial charge in [0.1, 0.15) is 6.04 Å². The Morgan fingerprint density at radius 1 is 1.19 bits per heavy atom.